The fourth-order valence-electron chi connectivity index (χ4n) is 3.19. The molecule has 5 heteroatoms. The molecule has 2 aromatic carbocycles. The van der Waals surface area contributed by atoms with Crippen LogP contribution in [0.1, 0.15) is 27.9 Å². The first-order chi connectivity index (χ1) is 12.0. The number of benzene rings is 2. The van der Waals surface area contributed by atoms with Crippen molar-refractivity contribution >= 4 is 5.91 Å². The number of nitrogens with two attached hydrogens (primary N) is 1. The first kappa shape index (κ1) is 17.5. The summed E-state index contributed by atoms with van der Waals surface area (Å²) in [7, 11) is 0. The van der Waals surface area contributed by atoms with E-state index < -0.39 is 5.60 Å². The van der Waals surface area contributed by atoms with Crippen molar-refractivity contribution in [3.05, 3.63) is 65.2 Å². The minimum atomic E-state index is -0.986. The van der Waals surface area contributed by atoms with Crippen molar-refractivity contribution in [1.82, 2.24) is 4.90 Å². The number of carbonyl (C=O) groups excluding carboxylic acids is 1. The Morgan fingerprint density at radius 3 is 2.76 bits per heavy atom. The van der Waals surface area contributed by atoms with Crippen molar-refractivity contribution in [2.24, 2.45) is 5.73 Å². The van der Waals surface area contributed by atoms with E-state index in [4.69, 9.17) is 10.5 Å². The third kappa shape index (κ3) is 3.67. The number of ether oxygens (including phenoxy) is 1. The van der Waals surface area contributed by atoms with Gasteiger partial charge in [-0.05, 0) is 36.6 Å². The molecule has 3 rings (SSSR count). The van der Waals surface area contributed by atoms with Crippen molar-refractivity contribution < 1.29 is 14.6 Å². The zero-order valence-corrected chi connectivity index (χ0v) is 14.4. The summed E-state index contributed by atoms with van der Waals surface area (Å²) in [5.41, 5.74) is 6.87. The minimum absolute atomic E-state index is 0.0931. The van der Waals surface area contributed by atoms with Gasteiger partial charge in [0.05, 0.1) is 6.54 Å². The van der Waals surface area contributed by atoms with Crippen molar-refractivity contribution in [1.29, 1.82) is 0 Å². The maximum absolute atomic E-state index is 12.8. The highest BCUT2D eigenvalue weighted by molar-refractivity contribution is 5.95. The number of amides is 1. The van der Waals surface area contributed by atoms with Gasteiger partial charge in [0.25, 0.3) is 5.91 Å². The van der Waals surface area contributed by atoms with Crippen LogP contribution in [-0.4, -0.2) is 42.2 Å². The maximum atomic E-state index is 12.8. The number of hydrogen-bond donors (Lipinski definition) is 2. The van der Waals surface area contributed by atoms with E-state index in [9.17, 15) is 9.90 Å². The van der Waals surface area contributed by atoms with Crippen LogP contribution in [0.15, 0.2) is 48.5 Å². The molecule has 25 heavy (non-hydrogen) atoms. The van der Waals surface area contributed by atoms with E-state index in [-0.39, 0.29) is 5.91 Å². The van der Waals surface area contributed by atoms with Crippen LogP contribution in [0.5, 0.6) is 5.75 Å². The lowest BCUT2D eigenvalue weighted by molar-refractivity contribution is 0.0417. The quantitative estimate of drug-likeness (QED) is 0.874. The second-order valence-corrected chi connectivity index (χ2v) is 6.49. The van der Waals surface area contributed by atoms with Gasteiger partial charge >= 0.3 is 0 Å². The third-order valence-electron chi connectivity index (χ3n) is 4.66. The highest BCUT2D eigenvalue weighted by atomic mass is 16.5. The average molecular weight is 340 g/mol. The van der Waals surface area contributed by atoms with Gasteiger partial charge < -0.3 is 20.5 Å². The molecular weight excluding hydrogens is 316 g/mol. The zero-order chi connectivity index (χ0) is 17.9. The SMILES string of the molecule is Cc1ccc(C(=O)N2CC[C@](O)(c3ccccc3)C2)cc1OCCN. The lowest BCUT2D eigenvalue weighted by Crippen LogP contribution is -2.34. The van der Waals surface area contributed by atoms with E-state index in [1.54, 1.807) is 17.0 Å². The van der Waals surface area contributed by atoms with Crippen molar-refractivity contribution in [3.8, 4) is 5.75 Å². The van der Waals surface area contributed by atoms with E-state index in [0.29, 0.717) is 44.0 Å². The van der Waals surface area contributed by atoms with Gasteiger partial charge in [-0.2, -0.15) is 0 Å². The molecule has 0 aliphatic carbocycles. The molecule has 0 radical (unpaired) electrons. The van der Waals surface area contributed by atoms with Gasteiger partial charge in [0.2, 0.25) is 0 Å². The Labute approximate surface area is 148 Å². The largest absolute Gasteiger partial charge is 0.492 e. The van der Waals surface area contributed by atoms with Crippen molar-refractivity contribution in [2.45, 2.75) is 18.9 Å². The molecular formula is C20H24N2O3. The summed E-state index contributed by atoms with van der Waals surface area (Å²) in [5, 5.41) is 10.9. The Balaban J connectivity index is 1.76. The molecule has 0 unspecified atom stereocenters. The van der Waals surface area contributed by atoms with Gasteiger partial charge in [-0.1, -0.05) is 36.4 Å². The highest BCUT2D eigenvalue weighted by Gasteiger charge is 2.39. The summed E-state index contributed by atoms with van der Waals surface area (Å²) >= 11 is 0. The zero-order valence-electron chi connectivity index (χ0n) is 14.4. The number of carbonyl (C=O) groups is 1. The fraction of sp³-hybridized carbons (Fsp3) is 0.350. The minimum Gasteiger partial charge on any atom is -0.492 e. The second-order valence-electron chi connectivity index (χ2n) is 6.49. The molecule has 0 aromatic heterocycles. The molecule has 1 aliphatic rings. The number of rotatable bonds is 5. The molecule has 3 N–H and O–H groups in total. The lowest BCUT2D eigenvalue weighted by Gasteiger charge is -2.24. The topological polar surface area (TPSA) is 75.8 Å². The van der Waals surface area contributed by atoms with Crippen LogP contribution < -0.4 is 10.5 Å². The van der Waals surface area contributed by atoms with Gasteiger partial charge in [-0.3, -0.25) is 4.79 Å². The maximum Gasteiger partial charge on any atom is 0.254 e. The number of nitrogens with zero attached hydrogens (tertiary/aromatic N) is 1. The summed E-state index contributed by atoms with van der Waals surface area (Å²) < 4.78 is 5.60. The Morgan fingerprint density at radius 2 is 2.04 bits per heavy atom. The summed E-state index contributed by atoms with van der Waals surface area (Å²) in [6.07, 6.45) is 0.533. The number of aryl methyl sites for hydroxylation is 1. The normalized spacial score (nSPS) is 19.9. The Bertz CT molecular complexity index is 748. The predicted octanol–water partition coefficient (Wildman–Crippen LogP) is 2.07. The molecule has 1 aliphatic heterocycles. The molecule has 0 bridgehead atoms. The van der Waals surface area contributed by atoms with Crippen molar-refractivity contribution in [2.75, 3.05) is 26.2 Å². The molecule has 1 fully saturated rings. The smallest absolute Gasteiger partial charge is 0.254 e. The Hall–Kier alpha value is -2.37. The average Bonchev–Trinajstić information content (AvgIpc) is 3.05. The van der Waals surface area contributed by atoms with Gasteiger partial charge in [0.1, 0.15) is 18.0 Å². The molecule has 0 spiro atoms. The third-order valence-corrected chi connectivity index (χ3v) is 4.66. The van der Waals surface area contributed by atoms with E-state index in [1.807, 2.05) is 43.3 Å². The summed E-state index contributed by atoms with van der Waals surface area (Å²) in [5.74, 6) is 0.582. The molecule has 1 heterocycles. The van der Waals surface area contributed by atoms with Crippen LogP contribution >= 0.6 is 0 Å². The predicted molar refractivity (Wildman–Crippen MR) is 96.6 cm³/mol. The lowest BCUT2D eigenvalue weighted by atomic mass is 9.93. The molecule has 1 saturated heterocycles. The number of hydrogen-bond acceptors (Lipinski definition) is 4. The number of aliphatic hydroxyl groups is 1. The van der Waals surface area contributed by atoms with Gasteiger partial charge in [0.15, 0.2) is 0 Å². The monoisotopic (exact) mass is 340 g/mol. The molecule has 132 valence electrons. The van der Waals surface area contributed by atoms with E-state index in [0.717, 1.165) is 11.1 Å². The number of β-amino-alcohol motifs (C(OH)–C–C–N with tert-alkyl or cyclic N) is 1. The van der Waals surface area contributed by atoms with Crippen LogP contribution in [0.2, 0.25) is 0 Å². The van der Waals surface area contributed by atoms with Crippen molar-refractivity contribution in [3.63, 3.8) is 0 Å². The summed E-state index contributed by atoms with van der Waals surface area (Å²) in [4.78, 5) is 14.5. The summed E-state index contributed by atoms with van der Waals surface area (Å²) in [6.45, 7) is 3.59. The molecule has 1 atom stereocenters. The van der Waals surface area contributed by atoms with Gasteiger partial charge in [-0.15, -0.1) is 0 Å². The van der Waals surface area contributed by atoms with Crippen LogP contribution in [0.4, 0.5) is 0 Å². The summed E-state index contributed by atoms with van der Waals surface area (Å²) in [6, 6.07) is 15.0. The van der Waals surface area contributed by atoms with Gasteiger partial charge in [-0.25, -0.2) is 0 Å². The van der Waals surface area contributed by atoms with E-state index in [1.165, 1.54) is 0 Å². The Morgan fingerprint density at radius 1 is 1.28 bits per heavy atom. The van der Waals surface area contributed by atoms with Crippen LogP contribution in [0.3, 0.4) is 0 Å². The van der Waals surface area contributed by atoms with E-state index >= 15 is 0 Å². The van der Waals surface area contributed by atoms with Crippen LogP contribution in [-0.2, 0) is 5.60 Å². The molecule has 1 amide bonds. The molecule has 5 nitrogen and oxygen atoms in total. The fourth-order valence-corrected chi connectivity index (χ4v) is 3.19. The van der Waals surface area contributed by atoms with Crippen LogP contribution in [0.25, 0.3) is 0 Å². The first-order valence-corrected chi connectivity index (χ1v) is 8.54. The second kappa shape index (κ2) is 7.25. The Kier molecular flexibility index (Phi) is 5.06. The van der Waals surface area contributed by atoms with E-state index in [2.05, 4.69) is 0 Å². The number of likely N-dealkylation sites (tertiary alicyclic amines) is 1. The van der Waals surface area contributed by atoms with Gasteiger partial charge in [0, 0.05) is 18.7 Å². The molecule has 0 saturated carbocycles. The standard InChI is InChI=1S/C20H24N2O3/c1-15-7-8-16(13-18(15)25-12-10-21)19(23)22-11-9-20(24,14-22)17-5-3-2-4-6-17/h2-8,13,24H,9-12,14,21H2,1H3/t20-/m1/s1. The first-order valence-electron chi connectivity index (χ1n) is 8.54. The highest BCUT2D eigenvalue weighted by Crippen LogP contribution is 2.33. The molecule has 2 aromatic rings. The van der Waals surface area contributed by atoms with Crippen LogP contribution in [0, 0.1) is 6.92 Å².